The van der Waals surface area contributed by atoms with Crippen LogP contribution >= 0.6 is 34.2 Å². The second-order valence-electron chi connectivity index (χ2n) is 3.76. The molecule has 1 saturated heterocycles. The van der Waals surface area contributed by atoms with Gasteiger partial charge in [-0.2, -0.15) is 0 Å². The standard InChI is InChI=1S/C11H14ClIN2/c12-10-1-2-11(13)9(7-10)8-15-5-3-14-4-6-15/h1-2,7,14H,3-6,8H2. The summed E-state index contributed by atoms with van der Waals surface area (Å²) in [6.07, 6.45) is 0. The minimum Gasteiger partial charge on any atom is -0.314 e. The van der Waals surface area contributed by atoms with Crippen molar-refractivity contribution in [3.63, 3.8) is 0 Å². The van der Waals surface area contributed by atoms with Crippen LogP contribution in [0, 0.1) is 3.57 Å². The lowest BCUT2D eigenvalue weighted by Gasteiger charge is -2.27. The molecule has 1 aliphatic rings. The lowest BCUT2D eigenvalue weighted by Crippen LogP contribution is -2.43. The van der Waals surface area contributed by atoms with Crippen LogP contribution in [0.4, 0.5) is 0 Å². The van der Waals surface area contributed by atoms with Gasteiger partial charge in [0.05, 0.1) is 0 Å². The van der Waals surface area contributed by atoms with Gasteiger partial charge < -0.3 is 5.32 Å². The summed E-state index contributed by atoms with van der Waals surface area (Å²) in [4.78, 5) is 2.46. The predicted molar refractivity (Wildman–Crippen MR) is 72.3 cm³/mol. The molecule has 1 aromatic carbocycles. The summed E-state index contributed by atoms with van der Waals surface area (Å²) in [6.45, 7) is 5.46. The van der Waals surface area contributed by atoms with E-state index in [-0.39, 0.29) is 0 Å². The zero-order chi connectivity index (χ0) is 10.7. The predicted octanol–water partition coefficient (Wildman–Crippen LogP) is 2.35. The van der Waals surface area contributed by atoms with E-state index in [0.29, 0.717) is 0 Å². The van der Waals surface area contributed by atoms with Gasteiger partial charge in [-0.3, -0.25) is 4.90 Å². The molecule has 0 spiro atoms. The maximum absolute atomic E-state index is 6.00. The topological polar surface area (TPSA) is 15.3 Å². The molecule has 82 valence electrons. The molecule has 15 heavy (non-hydrogen) atoms. The van der Waals surface area contributed by atoms with Crippen molar-refractivity contribution in [3.8, 4) is 0 Å². The number of halogens is 2. The number of nitrogens with zero attached hydrogens (tertiary/aromatic N) is 1. The van der Waals surface area contributed by atoms with E-state index in [1.54, 1.807) is 0 Å². The van der Waals surface area contributed by atoms with Crippen LogP contribution in [0.5, 0.6) is 0 Å². The Kier molecular flexibility index (Phi) is 4.25. The van der Waals surface area contributed by atoms with E-state index >= 15 is 0 Å². The maximum atomic E-state index is 6.00. The van der Waals surface area contributed by atoms with Crippen LogP contribution < -0.4 is 5.32 Å². The molecule has 1 N–H and O–H groups in total. The fourth-order valence-corrected chi connectivity index (χ4v) is 2.48. The third-order valence-corrected chi connectivity index (χ3v) is 3.90. The summed E-state index contributed by atoms with van der Waals surface area (Å²) >= 11 is 8.37. The Bertz CT molecular complexity index is 337. The third kappa shape index (κ3) is 3.31. The van der Waals surface area contributed by atoms with Crippen molar-refractivity contribution in [2.24, 2.45) is 0 Å². The van der Waals surface area contributed by atoms with E-state index in [9.17, 15) is 0 Å². The van der Waals surface area contributed by atoms with E-state index in [0.717, 1.165) is 37.7 Å². The molecule has 0 bridgehead atoms. The molecule has 4 heteroatoms. The first kappa shape index (κ1) is 11.6. The summed E-state index contributed by atoms with van der Waals surface area (Å²) < 4.78 is 1.30. The molecule has 2 rings (SSSR count). The van der Waals surface area contributed by atoms with E-state index in [1.165, 1.54) is 9.13 Å². The minimum atomic E-state index is 0.834. The third-order valence-electron chi connectivity index (χ3n) is 2.61. The van der Waals surface area contributed by atoms with Crippen LogP contribution in [0.1, 0.15) is 5.56 Å². The first-order valence-corrected chi connectivity index (χ1v) is 6.58. The number of rotatable bonds is 2. The molecule has 0 aromatic heterocycles. The lowest BCUT2D eigenvalue weighted by atomic mass is 10.2. The zero-order valence-corrected chi connectivity index (χ0v) is 11.4. The van der Waals surface area contributed by atoms with Crippen molar-refractivity contribution < 1.29 is 0 Å². The molecule has 1 aromatic rings. The molecule has 1 aliphatic heterocycles. The smallest absolute Gasteiger partial charge is 0.0409 e. The normalized spacial score (nSPS) is 18.0. The molecule has 2 nitrogen and oxygen atoms in total. The van der Waals surface area contributed by atoms with Gasteiger partial charge in [0, 0.05) is 41.3 Å². The minimum absolute atomic E-state index is 0.834. The van der Waals surface area contributed by atoms with Crippen molar-refractivity contribution in [2.45, 2.75) is 6.54 Å². The largest absolute Gasteiger partial charge is 0.314 e. The summed E-state index contributed by atoms with van der Waals surface area (Å²) in [5, 5.41) is 4.19. The van der Waals surface area contributed by atoms with Crippen molar-refractivity contribution in [3.05, 3.63) is 32.4 Å². The van der Waals surface area contributed by atoms with Crippen molar-refractivity contribution >= 4 is 34.2 Å². The first-order valence-electron chi connectivity index (χ1n) is 5.13. The molecule has 0 unspecified atom stereocenters. The molecular formula is C11H14ClIN2. The van der Waals surface area contributed by atoms with Crippen LogP contribution in [0.2, 0.25) is 5.02 Å². The van der Waals surface area contributed by atoms with Crippen LogP contribution in [-0.2, 0) is 6.54 Å². The monoisotopic (exact) mass is 336 g/mol. The average molecular weight is 337 g/mol. The van der Waals surface area contributed by atoms with Crippen LogP contribution in [-0.4, -0.2) is 31.1 Å². The van der Waals surface area contributed by atoms with Gasteiger partial charge in [-0.05, 0) is 46.4 Å². The highest BCUT2D eigenvalue weighted by molar-refractivity contribution is 14.1. The number of hydrogen-bond acceptors (Lipinski definition) is 2. The molecule has 0 aliphatic carbocycles. The zero-order valence-electron chi connectivity index (χ0n) is 8.47. The van der Waals surface area contributed by atoms with E-state index < -0.39 is 0 Å². The summed E-state index contributed by atoms with van der Waals surface area (Å²) in [6, 6.07) is 6.11. The Morgan fingerprint density at radius 1 is 1.33 bits per heavy atom. The highest BCUT2D eigenvalue weighted by Gasteiger charge is 2.11. The second-order valence-corrected chi connectivity index (χ2v) is 5.36. The summed E-state index contributed by atoms with van der Waals surface area (Å²) in [7, 11) is 0. The maximum Gasteiger partial charge on any atom is 0.0409 e. The van der Waals surface area contributed by atoms with Crippen molar-refractivity contribution in [2.75, 3.05) is 26.2 Å². The van der Waals surface area contributed by atoms with Gasteiger partial charge in [-0.15, -0.1) is 0 Å². The molecule has 0 atom stereocenters. The summed E-state index contributed by atoms with van der Waals surface area (Å²) in [5.74, 6) is 0. The SMILES string of the molecule is Clc1ccc(I)c(CN2CCNCC2)c1. The number of hydrogen-bond donors (Lipinski definition) is 1. The van der Waals surface area contributed by atoms with Crippen LogP contribution in [0.15, 0.2) is 18.2 Å². The molecule has 1 fully saturated rings. The Morgan fingerprint density at radius 3 is 2.80 bits per heavy atom. The van der Waals surface area contributed by atoms with Gasteiger partial charge in [-0.25, -0.2) is 0 Å². The quantitative estimate of drug-likeness (QED) is 0.834. The molecule has 0 radical (unpaired) electrons. The van der Waals surface area contributed by atoms with Crippen molar-refractivity contribution in [1.82, 2.24) is 10.2 Å². The molecule has 1 heterocycles. The van der Waals surface area contributed by atoms with Gasteiger partial charge in [0.15, 0.2) is 0 Å². The Labute approximate surface area is 109 Å². The second kappa shape index (κ2) is 5.48. The van der Waals surface area contributed by atoms with Gasteiger partial charge >= 0.3 is 0 Å². The Balaban J connectivity index is 2.05. The average Bonchev–Trinajstić information content (AvgIpc) is 2.25. The van der Waals surface area contributed by atoms with Gasteiger partial charge in [-0.1, -0.05) is 11.6 Å². The van der Waals surface area contributed by atoms with Gasteiger partial charge in [0.1, 0.15) is 0 Å². The Morgan fingerprint density at radius 2 is 2.07 bits per heavy atom. The number of piperazine rings is 1. The highest BCUT2D eigenvalue weighted by Crippen LogP contribution is 2.19. The van der Waals surface area contributed by atoms with E-state index in [4.69, 9.17) is 11.6 Å². The van der Waals surface area contributed by atoms with Crippen LogP contribution in [0.25, 0.3) is 0 Å². The fourth-order valence-electron chi connectivity index (χ4n) is 1.77. The molecule has 0 saturated carbocycles. The van der Waals surface area contributed by atoms with Gasteiger partial charge in [0.25, 0.3) is 0 Å². The number of benzene rings is 1. The van der Waals surface area contributed by atoms with E-state index in [2.05, 4.69) is 44.9 Å². The first-order chi connectivity index (χ1) is 7.25. The molecular weight excluding hydrogens is 322 g/mol. The lowest BCUT2D eigenvalue weighted by molar-refractivity contribution is 0.233. The Hall–Kier alpha value is 0.160. The number of nitrogens with one attached hydrogen (secondary N) is 1. The van der Waals surface area contributed by atoms with E-state index in [1.807, 2.05) is 6.07 Å². The van der Waals surface area contributed by atoms with Crippen LogP contribution in [0.3, 0.4) is 0 Å². The fraction of sp³-hybridized carbons (Fsp3) is 0.455. The molecule has 0 amide bonds. The highest BCUT2D eigenvalue weighted by atomic mass is 127. The van der Waals surface area contributed by atoms with Gasteiger partial charge in [0.2, 0.25) is 0 Å². The summed E-state index contributed by atoms with van der Waals surface area (Å²) in [5.41, 5.74) is 1.34. The van der Waals surface area contributed by atoms with Crippen molar-refractivity contribution in [1.29, 1.82) is 0 Å².